The molecule has 2 nitrogen and oxygen atoms in total. The summed E-state index contributed by atoms with van der Waals surface area (Å²) in [6.07, 6.45) is 2.51. The van der Waals surface area contributed by atoms with Crippen molar-refractivity contribution in [3.8, 4) is 0 Å². The first-order chi connectivity index (χ1) is 7.40. The molecule has 82 valence electrons. The van der Waals surface area contributed by atoms with Crippen molar-refractivity contribution in [1.82, 2.24) is 0 Å². The van der Waals surface area contributed by atoms with Crippen LogP contribution in [0.4, 0.5) is 5.69 Å². The second kappa shape index (κ2) is 5.17. The fourth-order valence-corrected chi connectivity index (χ4v) is 2.23. The predicted molar refractivity (Wildman–Crippen MR) is 63.3 cm³/mol. The van der Waals surface area contributed by atoms with Crippen molar-refractivity contribution in [2.45, 2.75) is 12.8 Å². The fourth-order valence-electron chi connectivity index (χ4n) is 2.23. The Labute approximate surface area is 91.9 Å². The molecule has 1 aromatic rings. The molecule has 0 atom stereocenters. The lowest BCUT2D eigenvalue weighted by molar-refractivity contribution is 0.139. The molecule has 1 aromatic carbocycles. The number of nitrogens with zero attached hydrogens (tertiary/aromatic N) is 1. The Morgan fingerprint density at radius 2 is 1.87 bits per heavy atom. The van der Waals surface area contributed by atoms with Gasteiger partial charge in [-0.25, -0.2) is 0 Å². The number of methoxy groups -OCH3 is 1. The van der Waals surface area contributed by atoms with Crippen molar-refractivity contribution in [2.75, 3.05) is 31.7 Å². The van der Waals surface area contributed by atoms with E-state index >= 15 is 0 Å². The first-order valence-electron chi connectivity index (χ1n) is 5.69. The zero-order valence-electron chi connectivity index (χ0n) is 9.36. The lowest BCUT2D eigenvalue weighted by Gasteiger charge is -2.33. The third-order valence-corrected chi connectivity index (χ3v) is 3.14. The highest BCUT2D eigenvalue weighted by molar-refractivity contribution is 5.46. The number of benzene rings is 1. The van der Waals surface area contributed by atoms with Crippen LogP contribution in [0.5, 0.6) is 0 Å². The summed E-state index contributed by atoms with van der Waals surface area (Å²) >= 11 is 0. The summed E-state index contributed by atoms with van der Waals surface area (Å²) in [4.78, 5) is 2.46. The number of piperidine rings is 1. The van der Waals surface area contributed by atoms with Gasteiger partial charge >= 0.3 is 0 Å². The number of anilines is 1. The maximum atomic E-state index is 5.20. The minimum atomic E-state index is 0.759. The van der Waals surface area contributed by atoms with Gasteiger partial charge in [-0.3, -0.25) is 0 Å². The van der Waals surface area contributed by atoms with Crippen LogP contribution in [0.3, 0.4) is 0 Å². The van der Waals surface area contributed by atoms with Crippen molar-refractivity contribution in [3.63, 3.8) is 0 Å². The van der Waals surface area contributed by atoms with E-state index in [0.29, 0.717) is 0 Å². The van der Waals surface area contributed by atoms with Crippen LogP contribution >= 0.6 is 0 Å². The van der Waals surface area contributed by atoms with Gasteiger partial charge in [0.05, 0.1) is 0 Å². The third-order valence-electron chi connectivity index (χ3n) is 3.14. The van der Waals surface area contributed by atoms with Crippen LogP contribution < -0.4 is 4.90 Å². The van der Waals surface area contributed by atoms with E-state index in [1.165, 1.54) is 18.5 Å². The molecule has 0 radical (unpaired) electrons. The van der Waals surface area contributed by atoms with Gasteiger partial charge in [-0.05, 0) is 30.9 Å². The van der Waals surface area contributed by atoms with Gasteiger partial charge in [0.25, 0.3) is 0 Å². The fraction of sp³-hybridized carbons (Fsp3) is 0.538. The Kier molecular flexibility index (Phi) is 3.62. The molecule has 1 fully saturated rings. The molecular formula is C13H19NO. The van der Waals surface area contributed by atoms with Crippen molar-refractivity contribution in [2.24, 2.45) is 5.92 Å². The number of rotatable bonds is 3. The molecule has 0 unspecified atom stereocenters. The molecule has 2 rings (SSSR count). The Morgan fingerprint density at radius 3 is 2.47 bits per heavy atom. The third kappa shape index (κ3) is 2.72. The summed E-state index contributed by atoms with van der Waals surface area (Å²) in [5.74, 6) is 0.759. The van der Waals surface area contributed by atoms with Gasteiger partial charge in [0.1, 0.15) is 0 Å². The molecule has 0 N–H and O–H groups in total. The van der Waals surface area contributed by atoms with Crippen LogP contribution in [-0.2, 0) is 4.74 Å². The highest BCUT2D eigenvalue weighted by Gasteiger charge is 2.18. The van der Waals surface area contributed by atoms with Gasteiger partial charge in [-0.1, -0.05) is 18.2 Å². The Morgan fingerprint density at radius 1 is 1.20 bits per heavy atom. The Balaban J connectivity index is 1.88. The molecule has 1 aliphatic rings. The quantitative estimate of drug-likeness (QED) is 0.752. The number of hydrogen-bond acceptors (Lipinski definition) is 2. The van der Waals surface area contributed by atoms with Crippen LogP contribution in [0.1, 0.15) is 12.8 Å². The summed E-state index contributed by atoms with van der Waals surface area (Å²) in [6.45, 7) is 3.25. The van der Waals surface area contributed by atoms with Gasteiger partial charge in [-0.15, -0.1) is 0 Å². The molecule has 1 heterocycles. The molecule has 2 heteroatoms. The Bertz CT molecular complexity index is 278. The molecule has 1 saturated heterocycles. The van der Waals surface area contributed by atoms with Crippen LogP contribution in [-0.4, -0.2) is 26.8 Å². The average molecular weight is 205 g/mol. The van der Waals surface area contributed by atoms with Crippen LogP contribution in [0.2, 0.25) is 0 Å². The van der Waals surface area contributed by atoms with E-state index < -0.39 is 0 Å². The second-order valence-electron chi connectivity index (χ2n) is 4.22. The monoisotopic (exact) mass is 205 g/mol. The molecule has 0 aliphatic carbocycles. The summed E-state index contributed by atoms with van der Waals surface area (Å²) in [5, 5.41) is 0. The molecule has 0 amide bonds. The number of ether oxygens (including phenoxy) is 1. The van der Waals surface area contributed by atoms with Gasteiger partial charge < -0.3 is 9.64 Å². The average Bonchev–Trinajstić information content (AvgIpc) is 2.32. The summed E-state index contributed by atoms with van der Waals surface area (Å²) in [5.41, 5.74) is 1.35. The van der Waals surface area contributed by atoms with E-state index in [9.17, 15) is 0 Å². The van der Waals surface area contributed by atoms with Crippen LogP contribution in [0.25, 0.3) is 0 Å². The van der Waals surface area contributed by atoms with Crippen LogP contribution in [0, 0.1) is 5.92 Å². The van der Waals surface area contributed by atoms with E-state index in [1.807, 2.05) is 0 Å². The lowest BCUT2D eigenvalue weighted by atomic mass is 9.97. The first-order valence-corrected chi connectivity index (χ1v) is 5.69. The molecule has 1 aliphatic heterocycles. The van der Waals surface area contributed by atoms with Gasteiger partial charge in [0.15, 0.2) is 0 Å². The zero-order chi connectivity index (χ0) is 10.5. The van der Waals surface area contributed by atoms with Crippen molar-refractivity contribution in [1.29, 1.82) is 0 Å². The molecule has 0 aromatic heterocycles. The highest BCUT2D eigenvalue weighted by Crippen LogP contribution is 2.22. The standard InChI is InChI=1S/C13H19NO/c1-15-11-12-7-9-14(10-8-12)13-5-3-2-4-6-13/h2-6,12H,7-11H2,1H3. The molecule has 15 heavy (non-hydrogen) atoms. The molecule has 0 bridgehead atoms. The maximum absolute atomic E-state index is 5.20. The SMILES string of the molecule is COCC1CCN(c2ccccc2)CC1. The smallest absolute Gasteiger partial charge is 0.0491 e. The minimum Gasteiger partial charge on any atom is -0.384 e. The topological polar surface area (TPSA) is 12.5 Å². The highest BCUT2D eigenvalue weighted by atomic mass is 16.5. The molecule has 0 saturated carbocycles. The van der Waals surface area contributed by atoms with E-state index in [2.05, 4.69) is 35.2 Å². The number of hydrogen-bond donors (Lipinski definition) is 0. The Hall–Kier alpha value is -1.02. The first kappa shape index (κ1) is 10.5. The van der Waals surface area contributed by atoms with E-state index in [-0.39, 0.29) is 0 Å². The van der Waals surface area contributed by atoms with E-state index in [4.69, 9.17) is 4.74 Å². The molecular weight excluding hydrogens is 186 g/mol. The van der Waals surface area contributed by atoms with Crippen molar-refractivity contribution < 1.29 is 4.74 Å². The number of para-hydroxylation sites is 1. The summed E-state index contributed by atoms with van der Waals surface area (Å²) in [6, 6.07) is 10.7. The van der Waals surface area contributed by atoms with Crippen molar-refractivity contribution in [3.05, 3.63) is 30.3 Å². The normalized spacial score (nSPS) is 18.1. The summed E-state index contributed by atoms with van der Waals surface area (Å²) < 4.78 is 5.20. The van der Waals surface area contributed by atoms with Gasteiger partial charge in [0, 0.05) is 32.5 Å². The predicted octanol–water partition coefficient (Wildman–Crippen LogP) is 2.55. The van der Waals surface area contributed by atoms with Crippen molar-refractivity contribution >= 4 is 5.69 Å². The minimum absolute atomic E-state index is 0.759. The lowest BCUT2D eigenvalue weighted by Crippen LogP contribution is -2.34. The van der Waals surface area contributed by atoms with E-state index in [0.717, 1.165) is 25.6 Å². The summed E-state index contributed by atoms with van der Waals surface area (Å²) in [7, 11) is 1.80. The maximum Gasteiger partial charge on any atom is 0.0491 e. The zero-order valence-corrected chi connectivity index (χ0v) is 9.36. The molecule has 0 spiro atoms. The second-order valence-corrected chi connectivity index (χ2v) is 4.22. The van der Waals surface area contributed by atoms with E-state index in [1.54, 1.807) is 7.11 Å². The van der Waals surface area contributed by atoms with Gasteiger partial charge in [-0.2, -0.15) is 0 Å². The largest absolute Gasteiger partial charge is 0.384 e. The van der Waals surface area contributed by atoms with Gasteiger partial charge in [0.2, 0.25) is 0 Å². The van der Waals surface area contributed by atoms with Crippen LogP contribution in [0.15, 0.2) is 30.3 Å².